The number of thiazole rings is 1. The fourth-order valence-corrected chi connectivity index (χ4v) is 7.54. The maximum absolute atomic E-state index is 6.48. The number of fused-ring (bicyclic) bond motifs is 7. The minimum atomic E-state index is 0.564. The highest BCUT2D eigenvalue weighted by Gasteiger charge is 2.20. The number of aromatic nitrogens is 5. The number of nitrogens with zero attached hydrogens (tertiary/aromatic N) is 5. The van der Waals surface area contributed by atoms with E-state index in [9.17, 15) is 0 Å². The zero-order valence-electron chi connectivity index (χ0n) is 24.8. The molecule has 0 radical (unpaired) electrons. The van der Waals surface area contributed by atoms with Gasteiger partial charge in [-0.3, -0.25) is 4.57 Å². The molecule has 4 aromatic heterocycles. The van der Waals surface area contributed by atoms with Crippen molar-refractivity contribution in [3.8, 4) is 39.3 Å². The van der Waals surface area contributed by atoms with Crippen LogP contribution in [0.5, 0.6) is 0 Å². The van der Waals surface area contributed by atoms with Gasteiger partial charge in [-0.1, -0.05) is 97.1 Å². The van der Waals surface area contributed by atoms with Gasteiger partial charge in [0.25, 0.3) is 0 Å². The molecule has 47 heavy (non-hydrogen) atoms. The van der Waals surface area contributed by atoms with Crippen molar-refractivity contribution in [2.24, 2.45) is 0 Å². The Bertz CT molecular complexity index is 2730. The number of furan rings is 1. The molecule has 0 N–H and O–H groups in total. The van der Waals surface area contributed by atoms with Gasteiger partial charge in [0.05, 0.1) is 21.3 Å². The van der Waals surface area contributed by atoms with Gasteiger partial charge < -0.3 is 4.42 Å². The smallest absolute Gasteiger partial charge is 0.238 e. The van der Waals surface area contributed by atoms with Crippen LogP contribution in [0.25, 0.3) is 93.3 Å². The highest BCUT2D eigenvalue weighted by molar-refractivity contribution is 7.21. The molecule has 0 aliphatic rings. The summed E-state index contributed by atoms with van der Waals surface area (Å²) >= 11 is 1.68. The third-order valence-electron chi connectivity index (χ3n) is 8.71. The van der Waals surface area contributed by atoms with E-state index in [0.717, 1.165) is 75.7 Å². The molecule has 0 atom stereocenters. The standard InChI is InChI=1S/C40H23N5OS/c1-2-11-24(12-3-1)37-42-38(44-40(43-37)45-31-17-7-4-13-26(31)27-14-5-8-18-32(27)45)29-15-10-19-33-36(29)28-22-21-25(23-34(28)46-33)39-41-30-16-6-9-20-35(30)47-39/h1-23H. The fraction of sp³-hybridized carbons (Fsp3) is 0. The van der Waals surface area contributed by atoms with E-state index in [-0.39, 0.29) is 0 Å². The molecular formula is C40H23N5OS. The molecule has 0 saturated heterocycles. The number of hydrogen-bond donors (Lipinski definition) is 0. The van der Waals surface area contributed by atoms with Gasteiger partial charge in [0, 0.05) is 38.2 Å². The summed E-state index contributed by atoms with van der Waals surface area (Å²) in [7, 11) is 0. The van der Waals surface area contributed by atoms with Crippen molar-refractivity contribution in [1.82, 2.24) is 24.5 Å². The lowest BCUT2D eigenvalue weighted by atomic mass is 10.0. The topological polar surface area (TPSA) is 69.6 Å². The molecule has 10 rings (SSSR count). The molecule has 7 heteroatoms. The van der Waals surface area contributed by atoms with E-state index in [4.69, 9.17) is 24.4 Å². The van der Waals surface area contributed by atoms with Gasteiger partial charge in [-0.2, -0.15) is 9.97 Å². The molecule has 4 heterocycles. The van der Waals surface area contributed by atoms with Crippen molar-refractivity contribution in [2.45, 2.75) is 0 Å². The fourth-order valence-electron chi connectivity index (χ4n) is 6.58. The quantitative estimate of drug-likeness (QED) is 0.196. The SMILES string of the molecule is c1ccc(-c2nc(-c3cccc4oc5cc(-c6nc7ccccc7s6)ccc5c34)nc(-n3c4ccccc4c4ccccc43)n2)cc1. The summed E-state index contributed by atoms with van der Waals surface area (Å²) in [4.78, 5) is 20.2. The van der Waals surface area contributed by atoms with Gasteiger partial charge in [-0.25, -0.2) is 9.97 Å². The molecule has 0 spiro atoms. The second-order valence-corrected chi connectivity index (χ2v) is 12.5. The maximum atomic E-state index is 6.48. The zero-order valence-corrected chi connectivity index (χ0v) is 25.6. The summed E-state index contributed by atoms with van der Waals surface area (Å²) in [5.41, 5.74) is 7.49. The molecule has 0 saturated carbocycles. The van der Waals surface area contributed by atoms with Crippen LogP contribution in [-0.4, -0.2) is 24.5 Å². The molecule has 0 aliphatic carbocycles. The molecule has 6 nitrogen and oxygen atoms in total. The summed E-state index contributed by atoms with van der Waals surface area (Å²) in [5, 5.41) is 5.24. The van der Waals surface area contributed by atoms with E-state index in [1.165, 1.54) is 0 Å². The minimum Gasteiger partial charge on any atom is -0.456 e. The predicted octanol–water partition coefficient (Wildman–Crippen LogP) is 10.5. The number of rotatable bonds is 4. The number of benzene rings is 6. The van der Waals surface area contributed by atoms with Crippen molar-refractivity contribution in [3.05, 3.63) is 140 Å². The van der Waals surface area contributed by atoms with Gasteiger partial charge in [0.2, 0.25) is 5.95 Å². The van der Waals surface area contributed by atoms with E-state index >= 15 is 0 Å². The summed E-state index contributed by atoms with van der Waals surface area (Å²) in [6.07, 6.45) is 0. The van der Waals surface area contributed by atoms with Gasteiger partial charge in [-0.05, 0) is 42.5 Å². The Hall–Kier alpha value is -6.18. The monoisotopic (exact) mass is 621 g/mol. The lowest BCUT2D eigenvalue weighted by Crippen LogP contribution is -2.06. The Morgan fingerprint density at radius 3 is 2.04 bits per heavy atom. The molecule has 6 aromatic carbocycles. The van der Waals surface area contributed by atoms with Crippen LogP contribution in [-0.2, 0) is 0 Å². The molecule has 0 aliphatic heterocycles. The first-order chi connectivity index (χ1) is 23.3. The summed E-state index contributed by atoms with van der Waals surface area (Å²) in [6, 6.07) is 47.5. The van der Waals surface area contributed by atoms with Crippen LogP contribution in [0.4, 0.5) is 0 Å². The molecule has 220 valence electrons. The summed E-state index contributed by atoms with van der Waals surface area (Å²) in [6.45, 7) is 0. The normalized spacial score (nSPS) is 11.8. The third-order valence-corrected chi connectivity index (χ3v) is 9.80. The van der Waals surface area contributed by atoms with Crippen LogP contribution in [0.3, 0.4) is 0 Å². The third kappa shape index (κ3) is 4.10. The van der Waals surface area contributed by atoms with E-state index < -0.39 is 0 Å². The Morgan fingerprint density at radius 1 is 0.511 bits per heavy atom. The second-order valence-electron chi connectivity index (χ2n) is 11.5. The highest BCUT2D eigenvalue weighted by atomic mass is 32.1. The highest BCUT2D eigenvalue weighted by Crippen LogP contribution is 2.39. The maximum Gasteiger partial charge on any atom is 0.238 e. The van der Waals surface area contributed by atoms with Crippen molar-refractivity contribution >= 4 is 65.3 Å². The van der Waals surface area contributed by atoms with E-state index in [2.05, 4.69) is 83.4 Å². The van der Waals surface area contributed by atoms with Crippen molar-refractivity contribution < 1.29 is 4.42 Å². The first kappa shape index (κ1) is 26.1. The molecular weight excluding hydrogens is 599 g/mol. The molecule has 0 bridgehead atoms. The predicted molar refractivity (Wildman–Crippen MR) is 191 cm³/mol. The van der Waals surface area contributed by atoms with Crippen LogP contribution in [0.1, 0.15) is 0 Å². The average molecular weight is 622 g/mol. The Balaban J connectivity index is 1.21. The van der Waals surface area contributed by atoms with Crippen LogP contribution >= 0.6 is 11.3 Å². The largest absolute Gasteiger partial charge is 0.456 e. The Labute approximate surface area is 272 Å². The molecule has 10 aromatic rings. The lowest BCUT2D eigenvalue weighted by Gasteiger charge is -2.11. The summed E-state index contributed by atoms with van der Waals surface area (Å²) in [5.74, 6) is 1.75. The van der Waals surface area contributed by atoms with Gasteiger partial charge >= 0.3 is 0 Å². The lowest BCUT2D eigenvalue weighted by molar-refractivity contribution is 0.669. The second kappa shape index (κ2) is 10.2. The number of hydrogen-bond acceptors (Lipinski definition) is 6. The van der Waals surface area contributed by atoms with Gasteiger partial charge in [0.15, 0.2) is 11.6 Å². The average Bonchev–Trinajstić information content (AvgIpc) is 3.83. The first-order valence-electron chi connectivity index (χ1n) is 15.4. The Morgan fingerprint density at radius 2 is 1.23 bits per heavy atom. The van der Waals surface area contributed by atoms with E-state index in [1.807, 2.05) is 60.7 Å². The van der Waals surface area contributed by atoms with Crippen LogP contribution < -0.4 is 0 Å². The van der Waals surface area contributed by atoms with Crippen LogP contribution in [0.2, 0.25) is 0 Å². The summed E-state index contributed by atoms with van der Waals surface area (Å²) < 4.78 is 9.79. The first-order valence-corrected chi connectivity index (χ1v) is 16.2. The van der Waals surface area contributed by atoms with E-state index in [1.54, 1.807) is 11.3 Å². The minimum absolute atomic E-state index is 0.564. The van der Waals surface area contributed by atoms with Crippen LogP contribution in [0.15, 0.2) is 144 Å². The van der Waals surface area contributed by atoms with Gasteiger partial charge in [-0.15, -0.1) is 11.3 Å². The van der Waals surface area contributed by atoms with E-state index in [0.29, 0.717) is 17.6 Å². The molecule has 0 amide bonds. The van der Waals surface area contributed by atoms with Crippen molar-refractivity contribution in [2.75, 3.05) is 0 Å². The van der Waals surface area contributed by atoms with Crippen molar-refractivity contribution in [3.63, 3.8) is 0 Å². The number of para-hydroxylation sites is 3. The van der Waals surface area contributed by atoms with Crippen molar-refractivity contribution in [1.29, 1.82) is 0 Å². The molecule has 0 fully saturated rings. The zero-order chi connectivity index (χ0) is 30.9. The van der Waals surface area contributed by atoms with Crippen LogP contribution in [0, 0.1) is 0 Å². The Kier molecular flexibility index (Phi) is 5.64. The molecule has 0 unspecified atom stereocenters. The van der Waals surface area contributed by atoms with Gasteiger partial charge in [0.1, 0.15) is 16.2 Å².